The summed E-state index contributed by atoms with van der Waals surface area (Å²) < 4.78 is 0. The Bertz CT molecular complexity index is 360. The third-order valence-electron chi connectivity index (χ3n) is 2.27. The van der Waals surface area contributed by atoms with Crippen molar-refractivity contribution in [1.29, 1.82) is 0 Å². The van der Waals surface area contributed by atoms with Crippen LogP contribution in [0.25, 0.3) is 5.57 Å². The molecule has 0 heteroatoms. The fourth-order valence-electron chi connectivity index (χ4n) is 1.68. The Kier molecular flexibility index (Phi) is 3.29. The minimum absolute atomic E-state index is 1.13. The van der Waals surface area contributed by atoms with Gasteiger partial charge in [0.15, 0.2) is 0 Å². The van der Waals surface area contributed by atoms with Crippen molar-refractivity contribution in [1.82, 2.24) is 0 Å². The maximum Gasteiger partial charge on any atom is -0.0174 e. The molecule has 1 aromatic carbocycles. The van der Waals surface area contributed by atoms with E-state index in [1.54, 1.807) is 0 Å². The highest BCUT2D eigenvalue weighted by Gasteiger charge is 2.03. The van der Waals surface area contributed by atoms with E-state index in [9.17, 15) is 0 Å². The SMILES string of the molecule is C=C(C)C(=C(C)C)c1ccc(C)cc1. The highest BCUT2D eigenvalue weighted by Crippen LogP contribution is 2.25. The van der Waals surface area contributed by atoms with E-state index in [0.29, 0.717) is 0 Å². The molecular formula is C14H18. The van der Waals surface area contributed by atoms with Gasteiger partial charge in [-0.3, -0.25) is 0 Å². The topological polar surface area (TPSA) is 0 Å². The normalized spacial score (nSPS) is 9.71. The number of allylic oxidation sites excluding steroid dienone is 3. The van der Waals surface area contributed by atoms with Gasteiger partial charge in [0, 0.05) is 0 Å². The van der Waals surface area contributed by atoms with Gasteiger partial charge in [-0.15, -0.1) is 0 Å². The molecule has 0 spiro atoms. The first-order chi connectivity index (χ1) is 6.52. The number of aryl methyl sites for hydroxylation is 1. The summed E-state index contributed by atoms with van der Waals surface area (Å²) in [6, 6.07) is 8.60. The van der Waals surface area contributed by atoms with Crippen LogP contribution in [0.5, 0.6) is 0 Å². The Hall–Kier alpha value is -1.30. The maximum absolute atomic E-state index is 4.02. The molecule has 0 N–H and O–H groups in total. The van der Waals surface area contributed by atoms with Gasteiger partial charge in [0.05, 0.1) is 0 Å². The maximum atomic E-state index is 4.02. The number of hydrogen-bond donors (Lipinski definition) is 0. The fraction of sp³-hybridized carbons (Fsp3) is 0.286. The molecule has 0 aromatic heterocycles. The van der Waals surface area contributed by atoms with Crippen molar-refractivity contribution in [3.63, 3.8) is 0 Å². The third-order valence-corrected chi connectivity index (χ3v) is 2.27. The molecule has 0 aliphatic heterocycles. The molecule has 0 atom stereocenters. The van der Waals surface area contributed by atoms with Crippen LogP contribution in [0.1, 0.15) is 31.9 Å². The van der Waals surface area contributed by atoms with Crippen molar-refractivity contribution in [3.05, 3.63) is 53.1 Å². The van der Waals surface area contributed by atoms with E-state index in [2.05, 4.69) is 58.5 Å². The predicted molar refractivity (Wildman–Crippen MR) is 64.3 cm³/mol. The Morgan fingerprint density at radius 1 is 1.00 bits per heavy atom. The van der Waals surface area contributed by atoms with Crippen LogP contribution in [0.4, 0.5) is 0 Å². The molecule has 0 heterocycles. The lowest BCUT2D eigenvalue weighted by atomic mass is 9.95. The fourth-order valence-corrected chi connectivity index (χ4v) is 1.68. The summed E-state index contributed by atoms with van der Waals surface area (Å²) in [6.45, 7) is 12.4. The van der Waals surface area contributed by atoms with Crippen molar-refractivity contribution in [2.24, 2.45) is 0 Å². The van der Waals surface area contributed by atoms with Crippen molar-refractivity contribution in [2.45, 2.75) is 27.7 Å². The van der Waals surface area contributed by atoms with Gasteiger partial charge in [0.25, 0.3) is 0 Å². The molecule has 0 amide bonds. The second-order valence-corrected chi connectivity index (χ2v) is 4.02. The van der Waals surface area contributed by atoms with Gasteiger partial charge in [0.2, 0.25) is 0 Å². The van der Waals surface area contributed by atoms with Gasteiger partial charge in [-0.25, -0.2) is 0 Å². The highest BCUT2D eigenvalue weighted by molar-refractivity contribution is 5.79. The standard InChI is InChI=1S/C14H18/c1-10(2)14(11(3)4)13-8-6-12(5)7-9-13/h6-9H,1H2,2-5H3. The van der Waals surface area contributed by atoms with Crippen molar-refractivity contribution in [3.8, 4) is 0 Å². The molecule has 0 saturated carbocycles. The van der Waals surface area contributed by atoms with Gasteiger partial charge < -0.3 is 0 Å². The van der Waals surface area contributed by atoms with Crippen LogP contribution in [0.3, 0.4) is 0 Å². The summed E-state index contributed by atoms with van der Waals surface area (Å²) in [5, 5.41) is 0. The quantitative estimate of drug-likeness (QED) is 0.602. The average Bonchev–Trinajstić information content (AvgIpc) is 2.07. The summed E-state index contributed by atoms with van der Waals surface area (Å²) >= 11 is 0. The van der Waals surface area contributed by atoms with Crippen molar-refractivity contribution < 1.29 is 0 Å². The van der Waals surface area contributed by atoms with E-state index < -0.39 is 0 Å². The van der Waals surface area contributed by atoms with Crippen molar-refractivity contribution >= 4 is 5.57 Å². The lowest BCUT2D eigenvalue weighted by molar-refractivity contribution is 1.35. The first kappa shape index (κ1) is 10.8. The van der Waals surface area contributed by atoms with Crippen LogP contribution < -0.4 is 0 Å². The summed E-state index contributed by atoms with van der Waals surface area (Å²) in [7, 11) is 0. The molecule has 0 bridgehead atoms. The van der Waals surface area contributed by atoms with Crippen molar-refractivity contribution in [2.75, 3.05) is 0 Å². The van der Waals surface area contributed by atoms with E-state index in [4.69, 9.17) is 0 Å². The molecule has 14 heavy (non-hydrogen) atoms. The van der Waals surface area contributed by atoms with Crippen LogP contribution in [0, 0.1) is 6.92 Å². The largest absolute Gasteiger partial charge is 0.0955 e. The summed E-state index contributed by atoms with van der Waals surface area (Å²) in [5.41, 5.74) is 6.30. The van der Waals surface area contributed by atoms with E-state index >= 15 is 0 Å². The van der Waals surface area contributed by atoms with Crippen LogP contribution in [0.15, 0.2) is 42.0 Å². The lowest BCUT2D eigenvalue weighted by Crippen LogP contribution is -1.88. The predicted octanol–water partition coefficient (Wildman–Crippen LogP) is 4.36. The molecule has 0 aliphatic rings. The molecule has 0 aliphatic carbocycles. The van der Waals surface area contributed by atoms with Gasteiger partial charge in [0.1, 0.15) is 0 Å². The zero-order valence-corrected chi connectivity index (χ0v) is 9.52. The Morgan fingerprint density at radius 3 is 1.86 bits per heavy atom. The molecule has 74 valence electrons. The lowest BCUT2D eigenvalue weighted by Gasteiger charge is -2.10. The van der Waals surface area contributed by atoms with E-state index in [1.807, 2.05) is 0 Å². The first-order valence-corrected chi connectivity index (χ1v) is 4.92. The molecule has 0 saturated heterocycles. The van der Waals surface area contributed by atoms with E-state index in [-0.39, 0.29) is 0 Å². The second kappa shape index (κ2) is 4.28. The molecule has 0 fully saturated rings. The first-order valence-electron chi connectivity index (χ1n) is 4.92. The summed E-state index contributed by atoms with van der Waals surface area (Å²) in [4.78, 5) is 0. The molecule has 0 radical (unpaired) electrons. The highest BCUT2D eigenvalue weighted by atomic mass is 14.1. The number of hydrogen-bond acceptors (Lipinski definition) is 0. The van der Waals surface area contributed by atoms with Crippen LogP contribution >= 0.6 is 0 Å². The smallest absolute Gasteiger partial charge is 0.0174 e. The Labute approximate surface area is 87.0 Å². The van der Waals surface area contributed by atoms with Gasteiger partial charge in [-0.1, -0.05) is 47.6 Å². The van der Waals surface area contributed by atoms with Gasteiger partial charge >= 0.3 is 0 Å². The number of rotatable bonds is 2. The molecular weight excluding hydrogens is 168 g/mol. The zero-order valence-electron chi connectivity index (χ0n) is 9.52. The Balaban J connectivity index is 3.21. The van der Waals surface area contributed by atoms with Crippen LogP contribution in [0.2, 0.25) is 0 Å². The molecule has 1 rings (SSSR count). The Morgan fingerprint density at radius 2 is 1.50 bits per heavy atom. The number of benzene rings is 1. The summed E-state index contributed by atoms with van der Waals surface area (Å²) in [5.74, 6) is 0. The minimum atomic E-state index is 1.13. The monoisotopic (exact) mass is 186 g/mol. The average molecular weight is 186 g/mol. The van der Waals surface area contributed by atoms with E-state index in [1.165, 1.54) is 22.3 Å². The van der Waals surface area contributed by atoms with Crippen LogP contribution in [-0.4, -0.2) is 0 Å². The summed E-state index contributed by atoms with van der Waals surface area (Å²) in [6.07, 6.45) is 0. The van der Waals surface area contributed by atoms with E-state index in [0.717, 1.165) is 5.57 Å². The second-order valence-electron chi connectivity index (χ2n) is 4.02. The van der Waals surface area contributed by atoms with Crippen LogP contribution in [-0.2, 0) is 0 Å². The van der Waals surface area contributed by atoms with Gasteiger partial charge in [-0.2, -0.15) is 0 Å². The van der Waals surface area contributed by atoms with Gasteiger partial charge in [-0.05, 0) is 38.8 Å². The molecule has 1 aromatic rings. The zero-order chi connectivity index (χ0) is 10.7. The third kappa shape index (κ3) is 2.35. The minimum Gasteiger partial charge on any atom is -0.0955 e. The molecule has 0 nitrogen and oxygen atoms in total. The molecule has 0 unspecified atom stereocenters.